The summed E-state index contributed by atoms with van der Waals surface area (Å²) in [6, 6.07) is 4.85. The molecule has 2 rings (SSSR count). The molecule has 21 heavy (non-hydrogen) atoms. The lowest BCUT2D eigenvalue weighted by molar-refractivity contribution is 0.386. The molecule has 0 saturated heterocycles. The van der Waals surface area contributed by atoms with Crippen LogP contribution in [-0.2, 0) is 19.0 Å². The Kier molecular flexibility index (Phi) is 4.21. The molecule has 0 radical (unpaired) electrons. The number of rotatable bonds is 4. The monoisotopic (exact) mass is 291 g/mol. The van der Waals surface area contributed by atoms with Gasteiger partial charge < -0.3 is 10.1 Å². The first-order valence-corrected chi connectivity index (χ1v) is 6.91. The van der Waals surface area contributed by atoms with Gasteiger partial charge in [0.15, 0.2) is 11.6 Å². The molecular weight excluding hydrogens is 269 g/mol. The summed E-state index contributed by atoms with van der Waals surface area (Å²) >= 11 is 0. The van der Waals surface area contributed by atoms with E-state index in [2.05, 4.69) is 31.2 Å². The van der Waals surface area contributed by atoms with Gasteiger partial charge in [0.2, 0.25) is 0 Å². The first kappa shape index (κ1) is 15.4. The Balaban J connectivity index is 2.15. The van der Waals surface area contributed by atoms with Gasteiger partial charge in [-0.2, -0.15) is 5.10 Å². The topological polar surface area (TPSA) is 39.1 Å². The van der Waals surface area contributed by atoms with E-state index in [-0.39, 0.29) is 17.0 Å². The second kappa shape index (κ2) is 5.76. The van der Waals surface area contributed by atoms with Crippen molar-refractivity contribution in [3.63, 3.8) is 0 Å². The van der Waals surface area contributed by atoms with Crippen LogP contribution in [0.15, 0.2) is 24.4 Å². The molecule has 114 valence electrons. The van der Waals surface area contributed by atoms with Gasteiger partial charge in [-0.25, -0.2) is 4.39 Å². The standard InChI is InChI=1S/C16H22FN3O/c1-16(2,3)15-11(10-20(4)19-15)9-18-12-6-7-14(21-5)13(17)8-12/h6-8,10,18H,9H2,1-5H3. The molecule has 4 nitrogen and oxygen atoms in total. The molecule has 0 atom stereocenters. The van der Waals surface area contributed by atoms with Crippen LogP contribution in [0, 0.1) is 5.82 Å². The SMILES string of the molecule is COc1ccc(NCc2cn(C)nc2C(C)(C)C)cc1F. The highest BCUT2D eigenvalue weighted by Crippen LogP contribution is 2.25. The summed E-state index contributed by atoms with van der Waals surface area (Å²) in [5.41, 5.74) is 2.85. The Morgan fingerprint density at radius 2 is 2.05 bits per heavy atom. The zero-order valence-corrected chi connectivity index (χ0v) is 13.2. The van der Waals surface area contributed by atoms with Gasteiger partial charge >= 0.3 is 0 Å². The molecule has 0 fully saturated rings. The number of hydrogen-bond acceptors (Lipinski definition) is 3. The van der Waals surface area contributed by atoms with Crippen LogP contribution in [0.5, 0.6) is 5.75 Å². The largest absolute Gasteiger partial charge is 0.494 e. The fourth-order valence-electron chi connectivity index (χ4n) is 2.27. The quantitative estimate of drug-likeness (QED) is 0.937. The van der Waals surface area contributed by atoms with Gasteiger partial charge in [0.25, 0.3) is 0 Å². The van der Waals surface area contributed by atoms with Crippen molar-refractivity contribution in [2.75, 3.05) is 12.4 Å². The van der Waals surface area contributed by atoms with Crippen LogP contribution in [0.4, 0.5) is 10.1 Å². The lowest BCUT2D eigenvalue weighted by atomic mass is 9.89. The van der Waals surface area contributed by atoms with Gasteiger partial charge in [-0.1, -0.05) is 20.8 Å². The molecule has 0 saturated carbocycles. The van der Waals surface area contributed by atoms with Gasteiger partial charge in [0, 0.05) is 42.5 Å². The van der Waals surface area contributed by atoms with E-state index in [1.54, 1.807) is 12.1 Å². The normalized spacial score (nSPS) is 11.5. The van der Waals surface area contributed by atoms with Crippen molar-refractivity contribution >= 4 is 5.69 Å². The highest BCUT2D eigenvalue weighted by Gasteiger charge is 2.21. The Morgan fingerprint density at radius 3 is 2.62 bits per heavy atom. The number of ether oxygens (including phenoxy) is 1. The summed E-state index contributed by atoms with van der Waals surface area (Å²) in [5, 5.41) is 7.75. The van der Waals surface area contributed by atoms with E-state index in [0.717, 1.165) is 16.9 Å². The molecule has 0 unspecified atom stereocenters. The van der Waals surface area contributed by atoms with Gasteiger partial charge in [0.1, 0.15) is 0 Å². The summed E-state index contributed by atoms with van der Waals surface area (Å²) < 4.78 is 20.4. The smallest absolute Gasteiger partial charge is 0.167 e. The molecule has 0 spiro atoms. The third-order valence-electron chi connectivity index (χ3n) is 3.25. The average Bonchev–Trinajstić information content (AvgIpc) is 2.78. The predicted molar refractivity (Wildman–Crippen MR) is 82.2 cm³/mol. The number of hydrogen-bond donors (Lipinski definition) is 1. The molecule has 0 amide bonds. The van der Waals surface area contributed by atoms with Crippen LogP contribution in [-0.4, -0.2) is 16.9 Å². The number of halogens is 1. The highest BCUT2D eigenvalue weighted by atomic mass is 19.1. The minimum absolute atomic E-state index is 0.0244. The number of benzene rings is 1. The number of aryl methyl sites for hydroxylation is 1. The minimum atomic E-state index is -0.371. The first-order chi connectivity index (χ1) is 9.81. The zero-order chi connectivity index (χ0) is 15.6. The second-order valence-corrected chi connectivity index (χ2v) is 6.13. The van der Waals surface area contributed by atoms with Crippen LogP contribution in [0.3, 0.4) is 0 Å². The number of methoxy groups -OCH3 is 1. The Labute approximate surface area is 124 Å². The lowest BCUT2D eigenvalue weighted by Gasteiger charge is -2.18. The van der Waals surface area contributed by atoms with Gasteiger partial charge in [0.05, 0.1) is 12.8 Å². The third kappa shape index (κ3) is 3.54. The molecule has 0 aliphatic carbocycles. The lowest BCUT2D eigenvalue weighted by Crippen LogP contribution is -2.16. The number of anilines is 1. The van der Waals surface area contributed by atoms with E-state index in [9.17, 15) is 4.39 Å². The first-order valence-electron chi connectivity index (χ1n) is 6.91. The molecule has 1 aromatic heterocycles. The van der Waals surface area contributed by atoms with Crippen LogP contribution in [0.25, 0.3) is 0 Å². The minimum Gasteiger partial charge on any atom is -0.494 e. The number of nitrogens with zero attached hydrogens (tertiary/aromatic N) is 2. The van der Waals surface area contributed by atoms with Gasteiger partial charge in [-0.3, -0.25) is 4.68 Å². The predicted octanol–water partition coefficient (Wildman–Crippen LogP) is 3.48. The maximum absolute atomic E-state index is 13.7. The fourth-order valence-corrected chi connectivity index (χ4v) is 2.27. The average molecular weight is 291 g/mol. The van der Waals surface area contributed by atoms with Crippen LogP contribution in [0.2, 0.25) is 0 Å². The van der Waals surface area contributed by atoms with Crippen molar-refractivity contribution in [3.8, 4) is 5.75 Å². The Bertz CT molecular complexity index is 629. The van der Waals surface area contributed by atoms with E-state index in [0.29, 0.717) is 6.54 Å². The summed E-state index contributed by atoms with van der Waals surface area (Å²) in [7, 11) is 3.36. The molecule has 1 aromatic carbocycles. The van der Waals surface area contributed by atoms with E-state index in [1.807, 2.05) is 17.9 Å². The fraction of sp³-hybridized carbons (Fsp3) is 0.438. The number of aromatic nitrogens is 2. The summed E-state index contributed by atoms with van der Waals surface area (Å²) in [6.07, 6.45) is 1.99. The Morgan fingerprint density at radius 1 is 1.33 bits per heavy atom. The maximum atomic E-state index is 13.7. The summed E-state index contributed by atoms with van der Waals surface area (Å²) in [5.74, 6) is -0.123. The van der Waals surface area contributed by atoms with E-state index in [4.69, 9.17) is 4.74 Å². The highest BCUT2D eigenvalue weighted by molar-refractivity contribution is 5.48. The van der Waals surface area contributed by atoms with Crippen molar-refractivity contribution in [2.24, 2.45) is 7.05 Å². The molecule has 1 heterocycles. The van der Waals surface area contributed by atoms with E-state index in [1.165, 1.54) is 13.2 Å². The van der Waals surface area contributed by atoms with Gasteiger partial charge in [-0.15, -0.1) is 0 Å². The van der Waals surface area contributed by atoms with Crippen molar-refractivity contribution in [1.29, 1.82) is 0 Å². The zero-order valence-electron chi connectivity index (χ0n) is 13.2. The Hall–Kier alpha value is -2.04. The summed E-state index contributed by atoms with van der Waals surface area (Å²) in [6.45, 7) is 7.00. The maximum Gasteiger partial charge on any atom is 0.167 e. The van der Waals surface area contributed by atoms with E-state index >= 15 is 0 Å². The third-order valence-corrected chi connectivity index (χ3v) is 3.25. The van der Waals surface area contributed by atoms with Gasteiger partial charge in [-0.05, 0) is 12.1 Å². The van der Waals surface area contributed by atoms with Crippen molar-refractivity contribution in [1.82, 2.24) is 9.78 Å². The molecule has 2 aromatic rings. The van der Waals surface area contributed by atoms with Crippen LogP contribution >= 0.6 is 0 Å². The number of nitrogens with one attached hydrogen (secondary N) is 1. The molecule has 5 heteroatoms. The molecule has 1 N–H and O–H groups in total. The summed E-state index contributed by atoms with van der Waals surface area (Å²) in [4.78, 5) is 0. The van der Waals surface area contributed by atoms with Crippen LogP contribution < -0.4 is 10.1 Å². The van der Waals surface area contributed by atoms with Crippen molar-refractivity contribution in [3.05, 3.63) is 41.5 Å². The molecule has 0 aliphatic rings. The van der Waals surface area contributed by atoms with E-state index < -0.39 is 0 Å². The van der Waals surface area contributed by atoms with Crippen LogP contribution in [0.1, 0.15) is 32.0 Å². The van der Waals surface area contributed by atoms with Crippen molar-refractivity contribution < 1.29 is 9.13 Å². The second-order valence-electron chi connectivity index (χ2n) is 6.13. The van der Waals surface area contributed by atoms with Crippen molar-refractivity contribution in [2.45, 2.75) is 32.7 Å². The molecule has 0 aliphatic heterocycles. The molecule has 0 bridgehead atoms. The molecular formula is C16H22FN3O.